The molecule has 33 nitrogen and oxygen atoms in total. The summed E-state index contributed by atoms with van der Waals surface area (Å²) in [5.41, 5.74) is 2.91. The van der Waals surface area contributed by atoms with E-state index in [1.807, 2.05) is 31.3 Å². The fourth-order valence-electron chi connectivity index (χ4n) is 13.4. The van der Waals surface area contributed by atoms with Crippen molar-refractivity contribution >= 4 is 115 Å². The van der Waals surface area contributed by atoms with E-state index >= 15 is 0 Å². The average Bonchev–Trinajstić information content (AvgIpc) is 1.07. The number of rotatable bonds is 16. The maximum atomic E-state index is 14.5. The van der Waals surface area contributed by atoms with Gasteiger partial charge in [0.15, 0.2) is 29.1 Å². The van der Waals surface area contributed by atoms with Gasteiger partial charge in [0.25, 0.3) is 11.8 Å². The van der Waals surface area contributed by atoms with Gasteiger partial charge in [0.2, 0.25) is 23.7 Å². The van der Waals surface area contributed by atoms with Crippen LogP contribution in [0.2, 0.25) is 10.0 Å². The van der Waals surface area contributed by atoms with Gasteiger partial charge in [-0.3, -0.25) is 61.9 Å². The highest BCUT2D eigenvalue weighted by atomic mass is 35.5. The van der Waals surface area contributed by atoms with Crippen LogP contribution in [0.5, 0.6) is 0 Å². The second-order valence-electron chi connectivity index (χ2n) is 26.7. The van der Waals surface area contributed by atoms with Crippen molar-refractivity contribution in [1.82, 2.24) is 92.9 Å². The van der Waals surface area contributed by atoms with Crippen molar-refractivity contribution in [1.29, 1.82) is 0 Å². The first-order valence-corrected chi connectivity index (χ1v) is 35.5. The number of carbonyl (C=O) groups excluding carboxylic acids is 6. The molecule has 41 heteroatoms. The summed E-state index contributed by atoms with van der Waals surface area (Å²) in [6.45, 7) is -0.870. The van der Waals surface area contributed by atoms with E-state index in [2.05, 4.69) is 67.4 Å². The average molecular weight is 1610 g/mol. The van der Waals surface area contributed by atoms with Crippen LogP contribution in [0.1, 0.15) is 86.5 Å². The van der Waals surface area contributed by atoms with Crippen molar-refractivity contribution in [3.05, 3.63) is 241 Å². The van der Waals surface area contributed by atoms with Crippen LogP contribution in [0, 0.1) is 34.9 Å². The maximum absolute atomic E-state index is 14.5. The molecule has 3 aliphatic heterocycles. The molecule has 2 fully saturated rings. The van der Waals surface area contributed by atoms with Crippen molar-refractivity contribution in [2.24, 2.45) is 28.2 Å². The normalized spacial score (nSPS) is 15.1. The molecule has 6 aromatic heterocycles. The fraction of sp³-hybridized carbons (Fsp3) is 0.260. The van der Waals surface area contributed by atoms with E-state index in [9.17, 15) is 74.3 Å². The van der Waals surface area contributed by atoms with Crippen molar-refractivity contribution < 1.29 is 55.1 Å². The molecule has 588 valence electrons. The molecular formula is C73H65Cl2F6N23O10. The number of ketones is 2. The number of Topliss-reactive ketones (excluding diaryl/α,β-unsaturated/α-hetero) is 2. The quantitative estimate of drug-likeness (QED) is 0.0297. The number of hydrogen-bond acceptors (Lipinski definition) is 22. The van der Waals surface area contributed by atoms with Gasteiger partial charge >= 0.3 is 22.8 Å². The number of imide groups is 1. The SMILES string of the molecule is CNc1cccc2c1CN(C1CCC(=O)CC1=O)C2=O.CNc1cccc2c1CN(C1CCC(=O)NC1=O)C2=O.Cn1cc(Cn2c(=O)nc(Nc3cc4cn(C)nc4cc3Cl)n(Cc3cc(F)c(F)cc3F)c2=O)nn1.Cn1cc(Cn2c(=O)nc(Nc3cc4cn(C)nc4cc3Cl)n(Cc3cc(F)c(F)cc3F)c2=O)nn1. The third-order valence-corrected chi connectivity index (χ3v) is 19.5. The Balaban J connectivity index is 0.000000138. The summed E-state index contributed by atoms with van der Waals surface area (Å²) in [6.07, 6.45) is 7.92. The van der Waals surface area contributed by atoms with Gasteiger partial charge in [0.1, 0.15) is 34.8 Å². The molecular weight excluding hydrogens is 1540 g/mol. The highest BCUT2D eigenvalue weighted by Gasteiger charge is 2.41. The zero-order chi connectivity index (χ0) is 81.4. The number of piperidine rings is 1. The van der Waals surface area contributed by atoms with Gasteiger partial charge in [-0.25, -0.2) is 54.7 Å². The first kappa shape index (κ1) is 78.7. The molecule has 2 atom stereocenters. The van der Waals surface area contributed by atoms with Crippen LogP contribution in [0.25, 0.3) is 21.8 Å². The van der Waals surface area contributed by atoms with E-state index in [1.165, 1.54) is 21.8 Å². The number of anilines is 6. The Morgan fingerprint density at radius 1 is 0.482 bits per heavy atom. The standard InChI is InChI=1S/2C22H17ClF3N9O2.C15H16N2O3.C14H15N3O3/c2*1-32-7-12-4-19(14(23)5-18(12)30-32)27-20-28-21(36)35(10-13-9-33(2)31-29-13)22(37)34(20)8-11-3-16(25)17(26)6-15(11)24;1-16-12-4-2-3-10-11(12)8-17(15(10)20)13-6-5-9(18)7-14(13)19;1-15-10-4-2-3-8-9(10)7-17(14(8)20)11-5-6-12(18)16-13(11)19/h2*3-7,9H,8,10H2,1-2H3,(H,27,28,36);2-4,13,16H,5-8H2,1H3;2-4,11,15H,5-7H2,1H3,(H,16,18,19). The summed E-state index contributed by atoms with van der Waals surface area (Å²) < 4.78 is 93.0. The first-order chi connectivity index (χ1) is 54.4. The zero-order valence-corrected chi connectivity index (χ0v) is 62.5. The molecule has 4 amide bonds. The Labute approximate surface area is 648 Å². The number of benzene rings is 6. The van der Waals surface area contributed by atoms with Crippen LogP contribution < -0.4 is 49.3 Å². The molecule has 0 radical (unpaired) electrons. The Bertz CT molecular complexity index is 5820. The minimum Gasteiger partial charge on any atom is -0.388 e. The van der Waals surface area contributed by atoms with Gasteiger partial charge in [0, 0.05) is 161 Å². The summed E-state index contributed by atoms with van der Waals surface area (Å²) in [6, 6.07) is 18.4. The van der Waals surface area contributed by atoms with Gasteiger partial charge in [-0.15, -0.1) is 10.2 Å². The molecule has 0 spiro atoms. The van der Waals surface area contributed by atoms with Gasteiger partial charge in [-0.2, -0.15) is 20.2 Å². The largest absolute Gasteiger partial charge is 0.388 e. The number of amides is 4. The van der Waals surface area contributed by atoms with Gasteiger partial charge in [-0.1, -0.05) is 45.8 Å². The van der Waals surface area contributed by atoms with Crippen LogP contribution in [-0.4, -0.2) is 149 Å². The number of hydrogen-bond donors (Lipinski definition) is 5. The Morgan fingerprint density at radius 2 is 0.912 bits per heavy atom. The Kier molecular flexibility index (Phi) is 22.4. The van der Waals surface area contributed by atoms with E-state index in [4.69, 9.17) is 23.2 Å². The number of aromatic nitrogens is 16. The van der Waals surface area contributed by atoms with Gasteiger partial charge in [-0.05, 0) is 73.5 Å². The van der Waals surface area contributed by atoms with Crippen LogP contribution in [0.4, 0.5) is 61.0 Å². The van der Waals surface area contributed by atoms with Crippen LogP contribution >= 0.6 is 23.2 Å². The third-order valence-electron chi connectivity index (χ3n) is 18.9. The molecule has 12 aromatic rings. The fourth-order valence-corrected chi connectivity index (χ4v) is 13.8. The second-order valence-corrected chi connectivity index (χ2v) is 27.5. The van der Waals surface area contributed by atoms with Crippen LogP contribution in [-0.2, 0) is 86.6 Å². The number of carbonyl (C=O) groups is 6. The molecule has 1 saturated heterocycles. The second kappa shape index (κ2) is 32.5. The minimum absolute atomic E-state index is 0.0219. The maximum Gasteiger partial charge on any atom is 0.355 e. The Morgan fingerprint density at radius 3 is 1.32 bits per heavy atom. The van der Waals surface area contributed by atoms with E-state index in [0.717, 1.165) is 40.8 Å². The summed E-state index contributed by atoms with van der Waals surface area (Å²) in [4.78, 5) is 135. The molecule has 2 unspecified atom stereocenters. The smallest absolute Gasteiger partial charge is 0.355 e. The molecule has 114 heavy (non-hydrogen) atoms. The van der Waals surface area contributed by atoms with Gasteiger partial charge in [0.05, 0.1) is 71.1 Å². The highest BCUT2D eigenvalue weighted by Crippen LogP contribution is 2.36. The minimum atomic E-state index is -1.38. The van der Waals surface area contributed by atoms with Crippen LogP contribution in [0.3, 0.4) is 0 Å². The monoisotopic (exact) mass is 1610 g/mol. The van der Waals surface area contributed by atoms with Gasteiger partial charge < -0.3 is 31.1 Å². The number of nitrogens with zero attached hydrogens (tertiary/aromatic N) is 18. The predicted molar refractivity (Wildman–Crippen MR) is 400 cm³/mol. The van der Waals surface area contributed by atoms with E-state index in [0.29, 0.717) is 101 Å². The zero-order valence-electron chi connectivity index (χ0n) is 61.0. The van der Waals surface area contributed by atoms with Crippen molar-refractivity contribution in [2.75, 3.05) is 35.4 Å². The summed E-state index contributed by atoms with van der Waals surface area (Å²) in [5.74, 6) is -9.18. The topological polar surface area (TPSA) is 380 Å². The van der Waals surface area contributed by atoms with Crippen molar-refractivity contribution in [3.8, 4) is 0 Å². The molecule has 5 N–H and O–H groups in total. The lowest BCUT2D eigenvalue weighted by Gasteiger charge is -2.29. The Hall–Kier alpha value is -13.5. The predicted octanol–water partition coefficient (Wildman–Crippen LogP) is 6.53. The van der Waals surface area contributed by atoms with E-state index in [1.54, 1.807) is 103 Å². The molecule has 1 aliphatic carbocycles. The molecule has 1 saturated carbocycles. The van der Waals surface area contributed by atoms with Crippen molar-refractivity contribution in [2.45, 2.75) is 83.5 Å². The summed E-state index contributed by atoms with van der Waals surface area (Å²) >= 11 is 12.8. The molecule has 9 heterocycles. The van der Waals surface area contributed by atoms with E-state index in [-0.39, 0.29) is 106 Å². The lowest BCUT2D eigenvalue weighted by molar-refractivity contribution is -0.137. The number of fused-ring (bicyclic) bond motifs is 4. The molecule has 6 aromatic carbocycles. The summed E-state index contributed by atoms with van der Waals surface area (Å²) in [5, 5.41) is 39.7. The summed E-state index contributed by atoms with van der Waals surface area (Å²) in [7, 11) is 10.3. The highest BCUT2D eigenvalue weighted by molar-refractivity contribution is 6.34. The number of nitrogens with one attached hydrogen (secondary N) is 5. The van der Waals surface area contributed by atoms with Crippen LogP contribution in [0.15, 0.2) is 129 Å². The van der Waals surface area contributed by atoms with E-state index < -0.39 is 82.8 Å². The lowest BCUT2D eigenvalue weighted by Crippen LogP contribution is -2.52. The molecule has 4 aliphatic rings. The number of halogens is 8. The lowest BCUT2D eigenvalue weighted by atomic mass is 9.92. The first-order valence-electron chi connectivity index (χ1n) is 34.7. The molecule has 16 rings (SSSR count). The third kappa shape index (κ3) is 16.5. The molecule has 0 bridgehead atoms. The number of aryl methyl sites for hydroxylation is 4. The van der Waals surface area contributed by atoms with Crippen molar-refractivity contribution in [3.63, 3.8) is 0 Å².